The third-order valence-electron chi connectivity index (χ3n) is 3.32. The van der Waals surface area contributed by atoms with Gasteiger partial charge in [0.25, 0.3) is 0 Å². The number of allylic oxidation sites excluding steroid dienone is 4. The summed E-state index contributed by atoms with van der Waals surface area (Å²) in [5.74, 6) is -0.880. The lowest BCUT2D eigenvalue weighted by atomic mass is 9.94. The molecule has 5 heteroatoms. The second-order valence-electron chi connectivity index (χ2n) is 4.57. The van der Waals surface area contributed by atoms with Crippen molar-refractivity contribution in [3.8, 4) is 0 Å². The van der Waals surface area contributed by atoms with Crippen molar-refractivity contribution in [3.63, 3.8) is 0 Å². The quantitative estimate of drug-likeness (QED) is 0.817. The lowest BCUT2D eigenvalue weighted by Crippen LogP contribution is -2.13. The minimum Gasteiger partial charge on any atom is -0.361 e. The van der Waals surface area contributed by atoms with Crippen molar-refractivity contribution in [1.29, 1.82) is 0 Å². The number of ketones is 2. The number of hydrogen-bond acceptors (Lipinski definition) is 2. The highest BCUT2D eigenvalue weighted by Crippen LogP contribution is 2.36. The van der Waals surface area contributed by atoms with Crippen LogP contribution in [0.2, 0.25) is 0 Å². The topological polar surface area (TPSA) is 49.9 Å². The van der Waals surface area contributed by atoms with Crippen LogP contribution in [-0.4, -0.2) is 16.6 Å². The summed E-state index contributed by atoms with van der Waals surface area (Å²) in [6.45, 7) is 1.93. The van der Waals surface area contributed by atoms with Crippen LogP contribution in [0.5, 0.6) is 0 Å². The van der Waals surface area contributed by atoms with Gasteiger partial charge in [-0.15, -0.1) is 0 Å². The van der Waals surface area contributed by atoms with Gasteiger partial charge in [-0.25, -0.2) is 0 Å². The molecule has 0 spiro atoms. The minimum atomic E-state index is -0.450. The van der Waals surface area contributed by atoms with Gasteiger partial charge in [0.15, 0.2) is 5.78 Å². The van der Waals surface area contributed by atoms with E-state index >= 15 is 0 Å². The smallest absolute Gasteiger partial charge is 0.206 e. The van der Waals surface area contributed by atoms with Crippen LogP contribution in [0.15, 0.2) is 40.5 Å². The number of carbonyl (C=O) groups excluding carboxylic acids is 2. The summed E-state index contributed by atoms with van der Waals surface area (Å²) in [6, 6.07) is 5.74. The van der Waals surface area contributed by atoms with Crippen LogP contribution in [0.1, 0.15) is 11.1 Å². The molecular weight excluding hydrogens is 297 g/mol. The number of hydrogen-bond donors (Lipinski definition) is 1. The number of aromatic amines is 1. The highest BCUT2D eigenvalue weighted by molar-refractivity contribution is 6.62. The molecule has 3 nitrogen and oxygen atoms in total. The molecule has 1 heterocycles. The minimum absolute atomic E-state index is 0.0939. The Hall–Kier alpha value is -1.84. The van der Waals surface area contributed by atoms with E-state index < -0.39 is 11.6 Å². The number of Topliss-reactive ketones (excluding diaryl/α,β-unsaturated/α-hetero) is 1. The first kappa shape index (κ1) is 13.2. The summed E-state index contributed by atoms with van der Waals surface area (Å²) in [5, 5.41) is 0.661. The predicted octanol–water partition coefficient (Wildman–Crippen LogP) is 3.70. The van der Waals surface area contributed by atoms with Crippen molar-refractivity contribution < 1.29 is 9.59 Å². The van der Waals surface area contributed by atoms with Gasteiger partial charge in [0, 0.05) is 28.7 Å². The molecule has 100 valence electrons. The van der Waals surface area contributed by atoms with Crippen molar-refractivity contribution in [1.82, 2.24) is 4.98 Å². The predicted molar refractivity (Wildman–Crippen MR) is 79.8 cm³/mol. The Labute approximate surface area is 124 Å². The number of fused-ring (bicyclic) bond motifs is 1. The molecular formula is C15H9Cl2NO2. The van der Waals surface area contributed by atoms with Gasteiger partial charge in [0.2, 0.25) is 5.78 Å². The van der Waals surface area contributed by atoms with Crippen molar-refractivity contribution in [3.05, 3.63) is 51.7 Å². The fourth-order valence-corrected chi connectivity index (χ4v) is 2.83. The summed E-state index contributed by atoms with van der Waals surface area (Å²) in [7, 11) is 0. The Morgan fingerprint density at radius 1 is 1.15 bits per heavy atom. The van der Waals surface area contributed by atoms with Gasteiger partial charge in [-0.3, -0.25) is 9.59 Å². The number of aromatic nitrogens is 1. The van der Waals surface area contributed by atoms with Crippen molar-refractivity contribution >= 4 is 51.2 Å². The summed E-state index contributed by atoms with van der Waals surface area (Å²) in [4.78, 5) is 27.1. The van der Waals surface area contributed by atoms with Gasteiger partial charge in [0.1, 0.15) is 0 Å². The maximum absolute atomic E-state index is 12.2. The summed E-state index contributed by atoms with van der Waals surface area (Å²) in [5.41, 5.74) is 2.63. The van der Waals surface area contributed by atoms with Crippen LogP contribution in [0.4, 0.5) is 0 Å². The van der Waals surface area contributed by atoms with Crippen LogP contribution in [-0.2, 0) is 9.59 Å². The van der Waals surface area contributed by atoms with Gasteiger partial charge in [-0.1, -0.05) is 35.3 Å². The fraction of sp³-hybridized carbons (Fsp3) is 0.0667. The largest absolute Gasteiger partial charge is 0.361 e. The first-order chi connectivity index (χ1) is 9.50. The van der Waals surface area contributed by atoms with Gasteiger partial charge >= 0.3 is 0 Å². The van der Waals surface area contributed by atoms with Crippen LogP contribution in [0, 0.1) is 6.92 Å². The highest BCUT2D eigenvalue weighted by atomic mass is 35.5. The van der Waals surface area contributed by atoms with E-state index in [1.54, 1.807) is 6.20 Å². The van der Waals surface area contributed by atoms with E-state index in [4.69, 9.17) is 23.2 Å². The molecule has 0 unspecified atom stereocenters. The summed E-state index contributed by atoms with van der Waals surface area (Å²) < 4.78 is 0. The van der Waals surface area contributed by atoms with E-state index in [2.05, 4.69) is 4.98 Å². The van der Waals surface area contributed by atoms with E-state index in [0.29, 0.717) is 5.56 Å². The molecule has 0 amide bonds. The van der Waals surface area contributed by atoms with Gasteiger partial charge < -0.3 is 4.98 Å². The van der Waals surface area contributed by atoms with E-state index in [1.807, 2.05) is 25.1 Å². The summed E-state index contributed by atoms with van der Waals surface area (Å²) in [6.07, 6.45) is 2.73. The molecule has 0 atom stereocenters. The third-order valence-corrected chi connectivity index (χ3v) is 3.98. The molecule has 0 bridgehead atoms. The Morgan fingerprint density at radius 2 is 1.90 bits per heavy atom. The molecule has 1 aliphatic rings. The molecule has 1 aliphatic carbocycles. The fourth-order valence-electron chi connectivity index (χ4n) is 2.39. The zero-order chi connectivity index (χ0) is 14.4. The van der Waals surface area contributed by atoms with Crippen LogP contribution >= 0.6 is 23.2 Å². The number of nitrogens with one attached hydrogen (secondary N) is 1. The van der Waals surface area contributed by atoms with Gasteiger partial charge in [-0.05, 0) is 18.6 Å². The lowest BCUT2D eigenvalue weighted by molar-refractivity contribution is -0.113. The number of rotatable bonds is 1. The summed E-state index contributed by atoms with van der Waals surface area (Å²) >= 11 is 11.8. The molecule has 1 aromatic heterocycles. The van der Waals surface area contributed by atoms with Crippen LogP contribution in [0.3, 0.4) is 0 Å². The zero-order valence-corrected chi connectivity index (χ0v) is 12.0. The number of benzene rings is 1. The molecule has 2 aromatic rings. The normalized spacial score (nSPS) is 16.1. The molecule has 0 saturated heterocycles. The van der Waals surface area contributed by atoms with E-state index in [9.17, 15) is 9.59 Å². The Morgan fingerprint density at radius 3 is 2.65 bits per heavy atom. The number of aryl methyl sites for hydroxylation is 1. The number of carbonyl (C=O) groups is 2. The van der Waals surface area contributed by atoms with Crippen molar-refractivity contribution in [2.24, 2.45) is 0 Å². The highest BCUT2D eigenvalue weighted by Gasteiger charge is 2.29. The number of H-pyrrole nitrogens is 1. The van der Waals surface area contributed by atoms with Crippen molar-refractivity contribution in [2.75, 3.05) is 0 Å². The maximum Gasteiger partial charge on any atom is 0.206 e. The van der Waals surface area contributed by atoms with Gasteiger partial charge in [-0.2, -0.15) is 0 Å². The molecule has 20 heavy (non-hydrogen) atoms. The third kappa shape index (κ3) is 1.82. The van der Waals surface area contributed by atoms with Crippen LogP contribution < -0.4 is 0 Å². The average molecular weight is 306 g/mol. The molecule has 0 fully saturated rings. The Kier molecular flexibility index (Phi) is 3.04. The monoisotopic (exact) mass is 305 g/mol. The van der Waals surface area contributed by atoms with Crippen molar-refractivity contribution in [2.45, 2.75) is 6.92 Å². The maximum atomic E-state index is 12.2. The molecule has 0 radical (unpaired) electrons. The lowest BCUT2D eigenvalue weighted by Gasteiger charge is -2.12. The van der Waals surface area contributed by atoms with E-state index in [0.717, 1.165) is 22.5 Å². The standard InChI is InChI=1S/C15H9Cl2NO2/c1-7-3-2-4-10-12(7)8(6-18-10)13-14(17)11(19)5-9(16)15(13)20/h2-6,18H,1H3. The number of halogens is 2. The van der Waals surface area contributed by atoms with E-state index in [-0.39, 0.29) is 15.6 Å². The zero-order valence-electron chi connectivity index (χ0n) is 10.5. The first-order valence-electron chi connectivity index (χ1n) is 5.93. The Balaban J connectivity index is 2.33. The average Bonchev–Trinajstić information content (AvgIpc) is 2.82. The Bertz CT molecular complexity index is 828. The second-order valence-corrected chi connectivity index (χ2v) is 5.36. The SMILES string of the molecule is Cc1cccc2[nH]cc(C3=C(Cl)C(=O)C=C(Cl)C3=O)c12. The second kappa shape index (κ2) is 4.62. The molecule has 1 aromatic carbocycles. The van der Waals surface area contributed by atoms with E-state index in [1.165, 1.54) is 0 Å². The van der Waals surface area contributed by atoms with Crippen LogP contribution in [0.25, 0.3) is 16.5 Å². The van der Waals surface area contributed by atoms with Gasteiger partial charge in [0.05, 0.1) is 15.6 Å². The molecule has 0 saturated carbocycles. The molecule has 0 aliphatic heterocycles. The first-order valence-corrected chi connectivity index (χ1v) is 6.69. The molecule has 1 N–H and O–H groups in total. The molecule has 3 rings (SSSR count).